The lowest BCUT2D eigenvalue weighted by Gasteiger charge is -2.42. The molecule has 0 amide bonds. The van der Waals surface area contributed by atoms with Gasteiger partial charge >= 0.3 is 0 Å². The van der Waals surface area contributed by atoms with Crippen LogP contribution in [0.4, 0.5) is 0 Å². The number of fused-ring (bicyclic) bond motifs is 1. The zero-order chi connectivity index (χ0) is 37.7. The summed E-state index contributed by atoms with van der Waals surface area (Å²) in [6.45, 7) is -0.648. The molecule has 2 aromatic carbocycles. The number of hydrogen-bond donors (Lipinski definition) is 10. The molecule has 2 aliphatic heterocycles. The number of benzene rings is 2. The highest BCUT2D eigenvalue weighted by Crippen LogP contribution is 2.40. The van der Waals surface area contributed by atoms with Gasteiger partial charge in [0.15, 0.2) is 23.5 Å². The van der Waals surface area contributed by atoms with Crippen LogP contribution in [0.25, 0.3) is 22.3 Å². The summed E-state index contributed by atoms with van der Waals surface area (Å²) in [6, 6.07) is 6.59. The van der Waals surface area contributed by atoms with Gasteiger partial charge in [-0.1, -0.05) is 0 Å². The van der Waals surface area contributed by atoms with Gasteiger partial charge in [-0.05, 0) is 25.1 Å². The SMILES string of the molecule is C[C@H]1O[C@@H](OC[C@@H]2O[C@H](Oc3c(-c4ccc(OCCO)c(OCCO)c4)oc4cc(OCCO)cc(O)c4c3=O)[C@@H](O)[C@H](O)[C@H]2O)[C@H](O)[C@@H](O)[C@H]1O. The topological polar surface area (TPSA) is 297 Å². The van der Waals surface area contributed by atoms with Crippen molar-refractivity contribution in [3.8, 4) is 40.1 Å². The third-order valence-electron chi connectivity index (χ3n) is 8.31. The summed E-state index contributed by atoms with van der Waals surface area (Å²) < 4.78 is 45.1. The van der Waals surface area contributed by atoms with Crippen LogP contribution in [-0.4, -0.2) is 159 Å². The Hall–Kier alpha value is -3.83. The van der Waals surface area contributed by atoms with Crippen molar-refractivity contribution in [1.82, 2.24) is 0 Å². The molecule has 2 fully saturated rings. The summed E-state index contributed by atoms with van der Waals surface area (Å²) in [5, 5.41) is 101. The molecule has 19 nitrogen and oxygen atoms in total. The van der Waals surface area contributed by atoms with Crippen molar-refractivity contribution in [2.24, 2.45) is 0 Å². The molecule has 1 aromatic heterocycles. The molecule has 2 saturated heterocycles. The highest BCUT2D eigenvalue weighted by atomic mass is 16.7. The third kappa shape index (κ3) is 8.36. The molecule has 0 radical (unpaired) electrons. The number of aliphatic hydroxyl groups excluding tert-OH is 9. The first-order valence-electron chi connectivity index (χ1n) is 16.3. The van der Waals surface area contributed by atoms with Crippen LogP contribution in [0.2, 0.25) is 0 Å². The minimum absolute atomic E-state index is 0.0380. The number of phenolic OH excluding ortho intramolecular Hbond substituents is 1. The zero-order valence-electron chi connectivity index (χ0n) is 27.8. The lowest BCUT2D eigenvalue weighted by molar-refractivity contribution is -0.318. The number of rotatable bonds is 15. The zero-order valence-corrected chi connectivity index (χ0v) is 27.8. The molecule has 3 aromatic rings. The number of aliphatic hydroxyl groups is 9. The Bertz CT molecular complexity index is 1700. The summed E-state index contributed by atoms with van der Waals surface area (Å²) in [4.78, 5) is 14.1. The molecule has 10 atom stereocenters. The molecule has 5 rings (SSSR count). The minimum atomic E-state index is -1.98. The maximum atomic E-state index is 14.1. The lowest BCUT2D eigenvalue weighted by Crippen LogP contribution is -2.61. The van der Waals surface area contributed by atoms with Crippen molar-refractivity contribution in [3.63, 3.8) is 0 Å². The molecule has 19 heteroatoms. The fourth-order valence-electron chi connectivity index (χ4n) is 5.60. The van der Waals surface area contributed by atoms with E-state index in [1.54, 1.807) is 0 Å². The summed E-state index contributed by atoms with van der Waals surface area (Å²) in [5.41, 5.74) is -1.08. The molecule has 288 valence electrons. The molecule has 10 N–H and O–H groups in total. The van der Waals surface area contributed by atoms with E-state index in [2.05, 4.69) is 0 Å². The summed E-state index contributed by atoms with van der Waals surface area (Å²) in [6.07, 6.45) is -16.3. The maximum Gasteiger partial charge on any atom is 0.239 e. The van der Waals surface area contributed by atoms with Gasteiger partial charge in [-0.3, -0.25) is 4.79 Å². The second-order valence-electron chi connectivity index (χ2n) is 11.9. The lowest BCUT2D eigenvalue weighted by atomic mass is 9.98. The van der Waals surface area contributed by atoms with Crippen LogP contribution in [-0.2, 0) is 14.2 Å². The smallest absolute Gasteiger partial charge is 0.239 e. The van der Waals surface area contributed by atoms with E-state index in [1.165, 1.54) is 31.2 Å². The van der Waals surface area contributed by atoms with E-state index in [9.17, 15) is 55.9 Å². The van der Waals surface area contributed by atoms with Crippen LogP contribution >= 0.6 is 0 Å². The van der Waals surface area contributed by atoms with Gasteiger partial charge < -0.3 is 88.6 Å². The van der Waals surface area contributed by atoms with Crippen molar-refractivity contribution in [2.75, 3.05) is 46.2 Å². The standard InChI is InChI=1S/C33H42O19/c1-14-23(38)26(41)28(43)32(49-14)48-13-21-24(39)27(42)29(44)33(51-21)52-31-25(40)22-17(37)11-16(45-7-4-34)12-20(22)50-30(31)15-2-3-18(46-8-5-35)19(10-15)47-9-6-36/h2-3,10-12,14,21,23-24,26-29,32-39,41-44H,4-9,13H2,1H3/t14-,21+,23+,24+,26+,27-,28-,29+,32-,33-/m1/s1. The molecular weight excluding hydrogens is 700 g/mol. The van der Waals surface area contributed by atoms with Crippen molar-refractivity contribution in [3.05, 3.63) is 40.6 Å². The highest BCUT2D eigenvalue weighted by molar-refractivity contribution is 5.88. The number of ether oxygens (including phenoxy) is 7. The van der Waals surface area contributed by atoms with Crippen molar-refractivity contribution in [2.45, 2.75) is 68.3 Å². The Morgan fingerprint density at radius 3 is 2.04 bits per heavy atom. The number of phenols is 1. The van der Waals surface area contributed by atoms with Gasteiger partial charge in [0.1, 0.15) is 85.0 Å². The summed E-state index contributed by atoms with van der Waals surface area (Å²) in [7, 11) is 0. The Morgan fingerprint density at radius 2 is 1.35 bits per heavy atom. The van der Waals surface area contributed by atoms with Gasteiger partial charge in [0.05, 0.1) is 32.5 Å². The average molecular weight is 743 g/mol. The molecule has 0 aliphatic carbocycles. The molecule has 0 unspecified atom stereocenters. The molecular formula is C33H42O19. The van der Waals surface area contributed by atoms with Crippen LogP contribution in [0.3, 0.4) is 0 Å². The normalized spacial score (nSPS) is 29.2. The average Bonchev–Trinajstić information content (AvgIpc) is 3.13. The number of aromatic hydroxyl groups is 1. The van der Waals surface area contributed by atoms with E-state index >= 15 is 0 Å². The van der Waals surface area contributed by atoms with E-state index in [-0.39, 0.29) is 79.2 Å². The third-order valence-corrected chi connectivity index (χ3v) is 8.31. The van der Waals surface area contributed by atoms with Crippen LogP contribution in [0.15, 0.2) is 39.5 Å². The molecule has 0 bridgehead atoms. The van der Waals surface area contributed by atoms with Gasteiger partial charge in [-0.25, -0.2) is 0 Å². The predicted molar refractivity (Wildman–Crippen MR) is 173 cm³/mol. The number of hydrogen-bond acceptors (Lipinski definition) is 19. The summed E-state index contributed by atoms with van der Waals surface area (Å²) in [5.74, 6) is -1.31. The van der Waals surface area contributed by atoms with E-state index in [0.29, 0.717) is 0 Å². The Morgan fingerprint density at radius 1 is 0.712 bits per heavy atom. The van der Waals surface area contributed by atoms with Crippen molar-refractivity contribution in [1.29, 1.82) is 0 Å². The van der Waals surface area contributed by atoms with Crippen LogP contribution in [0, 0.1) is 0 Å². The Labute approximate surface area is 294 Å². The second-order valence-corrected chi connectivity index (χ2v) is 11.9. The van der Waals surface area contributed by atoms with Crippen LogP contribution in [0.5, 0.6) is 28.7 Å². The van der Waals surface area contributed by atoms with E-state index in [0.717, 1.165) is 6.07 Å². The molecule has 3 heterocycles. The van der Waals surface area contributed by atoms with Gasteiger partial charge in [-0.15, -0.1) is 0 Å². The quantitative estimate of drug-likeness (QED) is 0.0758. The van der Waals surface area contributed by atoms with E-state index in [4.69, 9.17) is 37.6 Å². The van der Waals surface area contributed by atoms with Gasteiger partial charge in [0.25, 0.3) is 0 Å². The Kier molecular flexibility index (Phi) is 13.1. The van der Waals surface area contributed by atoms with Crippen LogP contribution in [0.1, 0.15) is 6.92 Å². The minimum Gasteiger partial charge on any atom is -0.507 e. The van der Waals surface area contributed by atoms with Gasteiger partial charge in [0, 0.05) is 17.7 Å². The second kappa shape index (κ2) is 17.3. The summed E-state index contributed by atoms with van der Waals surface area (Å²) >= 11 is 0. The fraction of sp³-hybridized carbons (Fsp3) is 0.545. The molecule has 52 heavy (non-hydrogen) atoms. The van der Waals surface area contributed by atoms with E-state index < -0.39 is 84.9 Å². The maximum absolute atomic E-state index is 14.1. The monoisotopic (exact) mass is 742 g/mol. The van der Waals surface area contributed by atoms with Crippen molar-refractivity contribution >= 4 is 11.0 Å². The Balaban J connectivity index is 1.53. The van der Waals surface area contributed by atoms with E-state index in [1.807, 2.05) is 0 Å². The molecule has 2 aliphatic rings. The highest BCUT2D eigenvalue weighted by Gasteiger charge is 2.48. The van der Waals surface area contributed by atoms with Crippen LogP contribution < -0.4 is 24.4 Å². The predicted octanol–water partition coefficient (Wildman–Crippen LogP) is -2.69. The van der Waals surface area contributed by atoms with Gasteiger partial charge in [-0.2, -0.15) is 0 Å². The molecule has 0 saturated carbocycles. The largest absolute Gasteiger partial charge is 0.507 e. The first-order chi connectivity index (χ1) is 24.9. The first-order valence-corrected chi connectivity index (χ1v) is 16.3. The fourth-order valence-corrected chi connectivity index (χ4v) is 5.60. The molecule has 0 spiro atoms. The van der Waals surface area contributed by atoms with Crippen molar-refractivity contribution < 1.29 is 88.6 Å². The first kappa shape index (κ1) is 39.4. The van der Waals surface area contributed by atoms with Gasteiger partial charge in [0.2, 0.25) is 17.5 Å².